The van der Waals surface area contributed by atoms with Crippen LogP contribution in [-0.2, 0) is 13.1 Å². The lowest BCUT2D eigenvalue weighted by atomic mass is 9.99. The summed E-state index contributed by atoms with van der Waals surface area (Å²) >= 11 is 0. The Bertz CT molecular complexity index is 1120. The summed E-state index contributed by atoms with van der Waals surface area (Å²) in [7, 11) is 6.67. The molecule has 0 saturated carbocycles. The molecule has 1 aliphatic rings. The van der Waals surface area contributed by atoms with E-state index in [1.54, 1.807) is 28.4 Å². The van der Waals surface area contributed by atoms with E-state index < -0.39 is 0 Å². The number of piperazine rings is 1. The first-order chi connectivity index (χ1) is 17.1. The van der Waals surface area contributed by atoms with E-state index in [0.717, 1.165) is 56.3 Å². The van der Waals surface area contributed by atoms with Crippen LogP contribution in [0.3, 0.4) is 0 Å². The third-order valence-electron chi connectivity index (χ3n) is 6.81. The number of aryl methyl sites for hydroxylation is 1. The summed E-state index contributed by atoms with van der Waals surface area (Å²) in [5.74, 6) is 2.97. The lowest BCUT2D eigenvalue weighted by Crippen LogP contribution is -2.45. The zero-order valence-corrected chi connectivity index (χ0v) is 21.5. The molecule has 3 aromatic rings. The number of hydrogen-bond donors (Lipinski definition) is 0. The number of rotatable bonds is 9. The summed E-state index contributed by atoms with van der Waals surface area (Å²) < 4.78 is 21.9. The number of hydrogen-bond acceptors (Lipinski definition) is 6. The normalized spacial score (nSPS) is 14.5. The van der Waals surface area contributed by atoms with Crippen LogP contribution in [0.5, 0.6) is 23.0 Å². The van der Waals surface area contributed by atoms with Crippen LogP contribution < -0.4 is 18.9 Å². The minimum absolute atomic E-state index is 0.651. The summed E-state index contributed by atoms with van der Waals surface area (Å²) in [6.45, 7) is 8.06. The highest BCUT2D eigenvalue weighted by molar-refractivity contribution is 5.65. The van der Waals surface area contributed by atoms with Gasteiger partial charge in [0.1, 0.15) is 5.75 Å². The fourth-order valence-electron chi connectivity index (χ4n) is 4.68. The first-order valence-corrected chi connectivity index (χ1v) is 12.0. The molecule has 0 bridgehead atoms. The maximum absolute atomic E-state index is 5.68. The van der Waals surface area contributed by atoms with Gasteiger partial charge in [-0.3, -0.25) is 9.80 Å². The molecule has 1 fully saturated rings. The quantitative estimate of drug-likeness (QED) is 0.432. The van der Waals surface area contributed by atoms with Gasteiger partial charge in [-0.1, -0.05) is 30.3 Å². The Hall–Kier alpha value is -3.22. The summed E-state index contributed by atoms with van der Waals surface area (Å²) in [4.78, 5) is 5.02. The molecule has 0 radical (unpaired) electrons. The molecule has 4 rings (SSSR count). The van der Waals surface area contributed by atoms with Crippen molar-refractivity contribution in [3.8, 4) is 34.1 Å². The molecule has 1 aliphatic heterocycles. The SMILES string of the molecule is COc1ccc(-c2ccc(C)c(CN3CCN(Cc4ccc(OC)c(OC)c4OC)CC3)c2)cc1. The van der Waals surface area contributed by atoms with Gasteiger partial charge in [-0.2, -0.15) is 0 Å². The van der Waals surface area contributed by atoms with Crippen LogP contribution in [-0.4, -0.2) is 64.4 Å². The zero-order chi connectivity index (χ0) is 24.8. The largest absolute Gasteiger partial charge is 0.497 e. The molecule has 35 heavy (non-hydrogen) atoms. The molecule has 0 N–H and O–H groups in total. The molecule has 6 heteroatoms. The number of nitrogens with zero attached hydrogens (tertiary/aromatic N) is 2. The van der Waals surface area contributed by atoms with Gasteiger partial charge in [-0.15, -0.1) is 0 Å². The monoisotopic (exact) mass is 476 g/mol. The van der Waals surface area contributed by atoms with Crippen LogP contribution in [0.25, 0.3) is 11.1 Å². The number of benzene rings is 3. The van der Waals surface area contributed by atoms with E-state index >= 15 is 0 Å². The standard InChI is InChI=1S/C29H36N2O4/c1-21-6-7-23(22-8-11-26(32-2)12-9-22)18-25(21)20-31-16-14-30(15-17-31)19-24-10-13-27(33-3)29(35-5)28(24)34-4/h6-13,18H,14-17,19-20H2,1-5H3. The maximum atomic E-state index is 5.68. The summed E-state index contributed by atoms with van der Waals surface area (Å²) in [5, 5.41) is 0. The van der Waals surface area contributed by atoms with E-state index in [1.807, 2.05) is 18.2 Å². The molecule has 186 valence electrons. The van der Waals surface area contributed by atoms with E-state index in [1.165, 1.54) is 22.3 Å². The second-order valence-electron chi connectivity index (χ2n) is 8.92. The van der Waals surface area contributed by atoms with E-state index in [2.05, 4.69) is 53.1 Å². The van der Waals surface area contributed by atoms with Gasteiger partial charge in [0.2, 0.25) is 5.75 Å². The smallest absolute Gasteiger partial charge is 0.203 e. The molecule has 0 atom stereocenters. The predicted molar refractivity (Wildman–Crippen MR) is 140 cm³/mol. The highest BCUT2D eigenvalue weighted by Gasteiger charge is 2.21. The molecule has 0 unspecified atom stereocenters. The Morgan fingerprint density at radius 3 is 1.77 bits per heavy atom. The fourth-order valence-corrected chi connectivity index (χ4v) is 4.68. The van der Waals surface area contributed by atoms with Crippen LogP contribution in [0.2, 0.25) is 0 Å². The van der Waals surface area contributed by atoms with Crippen molar-refractivity contribution in [1.29, 1.82) is 0 Å². The van der Waals surface area contributed by atoms with E-state index in [-0.39, 0.29) is 0 Å². The Kier molecular flexibility index (Phi) is 8.16. The second kappa shape index (κ2) is 11.5. The Morgan fingerprint density at radius 2 is 1.20 bits per heavy atom. The van der Waals surface area contributed by atoms with Crippen molar-refractivity contribution in [2.24, 2.45) is 0 Å². The van der Waals surface area contributed by atoms with Crippen molar-refractivity contribution in [3.05, 3.63) is 71.3 Å². The van der Waals surface area contributed by atoms with Crippen LogP contribution in [0, 0.1) is 6.92 Å². The minimum Gasteiger partial charge on any atom is -0.497 e. The first kappa shape index (κ1) is 24.9. The van der Waals surface area contributed by atoms with Crippen molar-refractivity contribution in [1.82, 2.24) is 9.80 Å². The average Bonchev–Trinajstić information content (AvgIpc) is 2.90. The van der Waals surface area contributed by atoms with Gasteiger partial charge in [0, 0.05) is 44.8 Å². The van der Waals surface area contributed by atoms with E-state index in [9.17, 15) is 0 Å². The molecule has 1 heterocycles. The van der Waals surface area contributed by atoms with Gasteiger partial charge >= 0.3 is 0 Å². The highest BCUT2D eigenvalue weighted by Crippen LogP contribution is 2.40. The molecule has 6 nitrogen and oxygen atoms in total. The van der Waals surface area contributed by atoms with Crippen molar-refractivity contribution >= 4 is 0 Å². The Balaban J connectivity index is 1.39. The molecule has 0 aromatic heterocycles. The fraction of sp³-hybridized carbons (Fsp3) is 0.379. The maximum Gasteiger partial charge on any atom is 0.203 e. The van der Waals surface area contributed by atoms with Gasteiger partial charge < -0.3 is 18.9 Å². The van der Waals surface area contributed by atoms with Crippen molar-refractivity contribution in [2.75, 3.05) is 54.6 Å². The zero-order valence-electron chi connectivity index (χ0n) is 21.5. The van der Waals surface area contributed by atoms with Crippen LogP contribution >= 0.6 is 0 Å². The van der Waals surface area contributed by atoms with Crippen molar-refractivity contribution in [2.45, 2.75) is 20.0 Å². The number of methoxy groups -OCH3 is 4. The second-order valence-corrected chi connectivity index (χ2v) is 8.92. The summed E-state index contributed by atoms with van der Waals surface area (Å²) in [6.07, 6.45) is 0. The van der Waals surface area contributed by atoms with Gasteiger partial charge in [0.25, 0.3) is 0 Å². The summed E-state index contributed by atoms with van der Waals surface area (Å²) in [5.41, 5.74) is 6.28. The summed E-state index contributed by atoms with van der Waals surface area (Å²) in [6, 6.07) is 19.1. The lowest BCUT2D eigenvalue weighted by molar-refractivity contribution is 0.121. The van der Waals surface area contributed by atoms with Crippen LogP contribution in [0.15, 0.2) is 54.6 Å². The van der Waals surface area contributed by atoms with Crippen molar-refractivity contribution in [3.63, 3.8) is 0 Å². The third kappa shape index (κ3) is 5.72. The average molecular weight is 477 g/mol. The molecule has 0 spiro atoms. The van der Waals surface area contributed by atoms with Crippen LogP contribution in [0.4, 0.5) is 0 Å². The number of ether oxygens (including phenoxy) is 4. The van der Waals surface area contributed by atoms with Crippen LogP contribution in [0.1, 0.15) is 16.7 Å². The minimum atomic E-state index is 0.651. The van der Waals surface area contributed by atoms with Gasteiger partial charge in [-0.25, -0.2) is 0 Å². The van der Waals surface area contributed by atoms with E-state index in [4.69, 9.17) is 18.9 Å². The van der Waals surface area contributed by atoms with Gasteiger partial charge in [0.05, 0.1) is 28.4 Å². The third-order valence-corrected chi connectivity index (χ3v) is 6.81. The Morgan fingerprint density at radius 1 is 0.600 bits per heavy atom. The molecule has 3 aromatic carbocycles. The molecule has 0 amide bonds. The first-order valence-electron chi connectivity index (χ1n) is 12.0. The van der Waals surface area contributed by atoms with Crippen molar-refractivity contribution < 1.29 is 18.9 Å². The molecular formula is C29H36N2O4. The topological polar surface area (TPSA) is 43.4 Å². The van der Waals surface area contributed by atoms with Gasteiger partial charge in [0.15, 0.2) is 11.5 Å². The predicted octanol–water partition coefficient (Wildman–Crippen LogP) is 5.01. The Labute approximate surface area is 209 Å². The lowest BCUT2D eigenvalue weighted by Gasteiger charge is -2.35. The van der Waals surface area contributed by atoms with Gasteiger partial charge in [-0.05, 0) is 53.4 Å². The van der Waals surface area contributed by atoms with E-state index in [0.29, 0.717) is 11.5 Å². The highest BCUT2D eigenvalue weighted by atomic mass is 16.5. The molecular weight excluding hydrogens is 440 g/mol. The molecule has 0 aliphatic carbocycles. The molecule has 1 saturated heterocycles.